The smallest absolute Gasteiger partial charge is 0.407 e. The van der Waals surface area contributed by atoms with E-state index in [4.69, 9.17) is 5.11 Å². The highest BCUT2D eigenvalue weighted by Gasteiger charge is 2.34. The molecule has 2 N–H and O–H groups in total. The van der Waals surface area contributed by atoms with Gasteiger partial charge in [-0.25, -0.2) is 9.80 Å². The van der Waals surface area contributed by atoms with Crippen LogP contribution in [0.2, 0.25) is 0 Å². The van der Waals surface area contributed by atoms with Crippen molar-refractivity contribution in [1.29, 1.82) is 0 Å². The number of hydrogen-bond donors (Lipinski definition) is 2. The number of carboxylic acid groups (broad SMARTS) is 1. The van der Waals surface area contributed by atoms with Crippen LogP contribution in [-0.2, 0) is 4.79 Å². The highest BCUT2D eigenvalue weighted by molar-refractivity contribution is 5.85. The SMILES string of the molecule is CN1CCN(NC(=O)C2CCCN2C(=O)O)CC1. The number of carbonyl (C=O) groups excluding carboxylic acids is 1. The summed E-state index contributed by atoms with van der Waals surface area (Å²) in [5.74, 6) is -0.195. The van der Waals surface area contributed by atoms with E-state index in [1.807, 2.05) is 12.1 Å². The standard InChI is InChI=1S/C11H20N4O3/c1-13-5-7-14(8-6-13)12-10(16)9-3-2-4-15(9)11(17)18/h9H,2-8H2,1H3,(H,12,16)(H,17,18). The number of hydrogen-bond acceptors (Lipinski definition) is 4. The quantitative estimate of drug-likeness (QED) is 0.690. The number of hydrazine groups is 1. The van der Waals surface area contributed by atoms with Gasteiger partial charge in [0.15, 0.2) is 0 Å². The lowest BCUT2D eigenvalue weighted by atomic mass is 10.2. The number of piperazine rings is 1. The van der Waals surface area contributed by atoms with Crippen LogP contribution in [-0.4, -0.2) is 77.7 Å². The lowest BCUT2D eigenvalue weighted by Crippen LogP contribution is -2.56. The number of likely N-dealkylation sites (tertiary alicyclic amines) is 1. The van der Waals surface area contributed by atoms with Crippen LogP contribution in [0.1, 0.15) is 12.8 Å². The molecule has 1 atom stereocenters. The predicted octanol–water partition coefficient (Wildman–Crippen LogP) is -0.593. The molecular formula is C11H20N4O3. The molecule has 0 bridgehead atoms. The van der Waals surface area contributed by atoms with E-state index in [1.54, 1.807) is 0 Å². The van der Waals surface area contributed by atoms with Crippen LogP contribution in [0.3, 0.4) is 0 Å². The van der Waals surface area contributed by atoms with Gasteiger partial charge in [-0.3, -0.25) is 15.1 Å². The third kappa shape index (κ3) is 2.91. The summed E-state index contributed by atoms with van der Waals surface area (Å²) in [4.78, 5) is 26.4. The van der Waals surface area contributed by atoms with E-state index >= 15 is 0 Å². The van der Waals surface area contributed by atoms with E-state index in [2.05, 4.69) is 10.3 Å². The molecule has 7 nitrogen and oxygen atoms in total. The molecule has 1 unspecified atom stereocenters. The molecule has 18 heavy (non-hydrogen) atoms. The Morgan fingerprint density at radius 3 is 2.44 bits per heavy atom. The molecule has 7 heteroatoms. The van der Waals surface area contributed by atoms with Crippen molar-refractivity contribution in [3.8, 4) is 0 Å². The first kappa shape index (κ1) is 13.1. The summed E-state index contributed by atoms with van der Waals surface area (Å²) in [5, 5.41) is 10.9. The van der Waals surface area contributed by atoms with Crippen molar-refractivity contribution in [3.05, 3.63) is 0 Å². The van der Waals surface area contributed by atoms with Crippen LogP contribution in [0, 0.1) is 0 Å². The van der Waals surface area contributed by atoms with Crippen molar-refractivity contribution in [2.24, 2.45) is 0 Å². The first-order chi connectivity index (χ1) is 8.58. The molecule has 2 rings (SSSR count). The summed E-state index contributed by atoms with van der Waals surface area (Å²) >= 11 is 0. The van der Waals surface area contributed by atoms with Crippen LogP contribution in [0.4, 0.5) is 4.79 Å². The Morgan fingerprint density at radius 2 is 1.83 bits per heavy atom. The zero-order valence-corrected chi connectivity index (χ0v) is 10.6. The summed E-state index contributed by atoms with van der Waals surface area (Å²) in [7, 11) is 2.04. The molecule has 2 fully saturated rings. The summed E-state index contributed by atoms with van der Waals surface area (Å²) in [6.45, 7) is 3.83. The first-order valence-electron chi connectivity index (χ1n) is 6.31. The topological polar surface area (TPSA) is 76.1 Å². The Bertz CT molecular complexity index is 328. The monoisotopic (exact) mass is 256 g/mol. The molecule has 2 amide bonds. The van der Waals surface area contributed by atoms with Crippen LogP contribution in [0.25, 0.3) is 0 Å². The molecule has 0 saturated carbocycles. The van der Waals surface area contributed by atoms with E-state index in [9.17, 15) is 9.59 Å². The second-order valence-corrected chi connectivity index (χ2v) is 4.90. The third-order valence-corrected chi connectivity index (χ3v) is 3.57. The van der Waals surface area contributed by atoms with E-state index < -0.39 is 12.1 Å². The largest absolute Gasteiger partial charge is 0.465 e. The van der Waals surface area contributed by atoms with Gasteiger partial charge in [0.25, 0.3) is 5.91 Å². The van der Waals surface area contributed by atoms with Gasteiger partial charge in [-0.2, -0.15) is 0 Å². The molecule has 0 radical (unpaired) electrons. The molecule has 2 aliphatic heterocycles. The molecule has 0 aliphatic carbocycles. The van der Waals surface area contributed by atoms with Crippen molar-refractivity contribution in [1.82, 2.24) is 20.2 Å². The Labute approximate surface area is 106 Å². The summed E-state index contributed by atoms with van der Waals surface area (Å²) < 4.78 is 0. The Kier molecular flexibility index (Phi) is 4.03. The lowest BCUT2D eigenvalue weighted by molar-refractivity contribution is -0.130. The maximum atomic E-state index is 12.0. The van der Waals surface area contributed by atoms with Gasteiger partial charge in [-0.15, -0.1) is 0 Å². The summed E-state index contributed by atoms with van der Waals surface area (Å²) in [6.07, 6.45) is 0.366. The number of nitrogens with zero attached hydrogens (tertiary/aromatic N) is 3. The number of rotatable bonds is 2. The van der Waals surface area contributed by atoms with Crippen LogP contribution in [0.15, 0.2) is 0 Å². The van der Waals surface area contributed by atoms with Crippen LogP contribution < -0.4 is 5.43 Å². The Morgan fingerprint density at radius 1 is 1.17 bits per heavy atom. The maximum absolute atomic E-state index is 12.0. The van der Waals surface area contributed by atoms with Crippen molar-refractivity contribution in [3.63, 3.8) is 0 Å². The molecule has 2 saturated heterocycles. The van der Waals surface area contributed by atoms with Crippen molar-refractivity contribution < 1.29 is 14.7 Å². The zero-order valence-electron chi connectivity index (χ0n) is 10.6. The van der Waals surface area contributed by atoms with Crippen molar-refractivity contribution in [2.75, 3.05) is 39.8 Å². The maximum Gasteiger partial charge on any atom is 0.407 e. The molecule has 2 heterocycles. The zero-order chi connectivity index (χ0) is 13.1. The minimum Gasteiger partial charge on any atom is -0.465 e. The van der Waals surface area contributed by atoms with E-state index in [0.717, 1.165) is 32.6 Å². The van der Waals surface area contributed by atoms with Gasteiger partial charge in [0, 0.05) is 32.7 Å². The average Bonchev–Trinajstić information content (AvgIpc) is 2.81. The Hall–Kier alpha value is -1.34. The Balaban J connectivity index is 1.86. The fourth-order valence-corrected chi connectivity index (χ4v) is 2.42. The molecule has 0 spiro atoms. The minimum absolute atomic E-state index is 0.195. The fraction of sp³-hybridized carbons (Fsp3) is 0.818. The summed E-state index contributed by atoms with van der Waals surface area (Å²) in [5.41, 5.74) is 2.83. The number of amides is 2. The molecule has 0 aromatic carbocycles. The lowest BCUT2D eigenvalue weighted by Gasteiger charge is -2.33. The second kappa shape index (κ2) is 5.53. The fourth-order valence-electron chi connectivity index (χ4n) is 2.42. The van der Waals surface area contributed by atoms with E-state index in [0.29, 0.717) is 13.0 Å². The summed E-state index contributed by atoms with van der Waals surface area (Å²) in [6, 6.07) is -0.526. The number of carbonyl (C=O) groups is 2. The van der Waals surface area contributed by atoms with E-state index in [1.165, 1.54) is 4.90 Å². The van der Waals surface area contributed by atoms with Crippen LogP contribution in [0.5, 0.6) is 0 Å². The van der Waals surface area contributed by atoms with Gasteiger partial charge in [0.1, 0.15) is 6.04 Å². The molecule has 2 aliphatic rings. The first-order valence-corrected chi connectivity index (χ1v) is 6.31. The molecular weight excluding hydrogens is 236 g/mol. The van der Waals surface area contributed by atoms with Gasteiger partial charge < -0.3 is 10.0 Å². The average molecular weight is 256 g/mol. The van der Waals surface area contributed by atoms with Gasteiger partial charge >= 0.3 is 6.09 Å². The third-order valence-electron chi connectivity index (χ3n) is 3.57. The van der Waals surface area contributed by atoms with Crippen molar-refractivity contribution in [2.45, 2.75) is 18.9 Å². The number of nitrogens with one attached hydrogen (secondary N) is 1. The van der Waals surface area contributed by atoms with Crippen LogP contribution >= 0.6 is 0 Å². The number of likely N-dealkylation sites (N-methyl/N-ethyl adjacent to an activating group) is 1. The minimum atomic E-state index is -1.01. The normalized spacial score (nSPS) is 26.3. The highest BCUT2D eigenvalue weighted by atomic mass is 16.4. The van der Waals surface area contributed by atoms with Gasteiger partial charge in [-0.1, -0.05) is 0 Å². The second-order valence-electron chi connectivity index (χ2n) is 4.90. The van der Waals surface area contributed by atoms with Gasteiger partial charge in [0.05, 0.1) is 0 Å². The van der Waals surface area contributed by atoms with Gasteiger partial charge in [0.2, 0.25) is 0 Å². The predicted molar refractivity (Wildman–Crippen MR) is 65.0 cm³/mol. The van der Waals surface area contributed by atoms with Crippen molar-refractivity contribution >= 4 is 12.0 Å². The van der Waals surface area contributed by atoms with Gasteiger partial charge in [-0.05, 0) is 19.9 Å². The molecule has 0 aromatic heterocycles. The molecule has 0 aromatic rings. The molecule has 102 valence electrons. The van der Waals surface area contributed by atoms with E-state index in [-0.39, 0.29) is 5.91 Å². The highest BCUT2D eigenvalue weighted by Crippen LogP contribution is 2.17.